The Hall–Kier alpha value is -1.67. The van der Waals surface area contributed by atoms with Gasteiger partial charge in [-0.15, -0.1) is 0 Å². The Labute approximate surface area is 161 Å². The van der Waals surface area contributed by atoms with E-state index in [2.05, 4.69) is 10.6 Å². The van der Waals surface area contributed by atoms with Crippen LogP contribution in [-0.2, 0) is 11.3 Å². The largest absolute Gasteiger partial charge is 0.494 e. The van der Waals surface area contributed by atoms with Crippen molar-refractivity contribution >= 4 is 5.91 Å². The summed E-state index contributed by atoms with van der Waals surface area (Å²) in [7, 11) is 0. The number of hydroxylamine groups is 3. The monoisotopic (exact) mass is 380 g/mol. The van der Waals surface area contributed by atoms with E-state index in [1.807, 2.05) is 24.3 Å². The summed E-state index contributed by atoms with van der Waals surface area (Å²) >= 11 is 0. The predicted molar refractivity (Wildman–Crippen MR) is 103 cm³/mol. The van der Waals surface area contributed by atoms with Gasteiger partial charge in [-0.1, -0.05) is 12.1 Å². The zero-order valence-corrected chi connectivity index (χ0v) is 16.2. The molecular formula is C20H34N3O4+. The Balaban J connectivity index is 1.62. The Bertz CT molecular complexity index is 562. The molecule has 0 spiro atoms. The van der Waals surface area contributed by atoms with Crippen LogP contribution in [0.4, 0.5) is 0 Å². The van der Waals surface area contributed by atoms with Gasteiger partial charge >= 0.3 is 0 Å². The molecule has 0 saturated carbocycles. The number of ether oxygens (including phenoxy) is 1. The first-order chi connectivity index (χ1) is 13.1. The number of piperidine rings is 1. The summed E-state index contributed by atoms with van der Waals surface area (Å²) in [4.78, 5) is 11.6. The average Bonchev–Trinajstić information content (AvgIpc) is 2.65. The van der Waals surface area contributed by atoms with E-state index in [1.165, 1.54) is 6.42 Å². The third-order valence-corrected chi connectivity index (χ3v) is 4.75. The van der Waals surface area contributed by atoms with Crippen LogP contribution >= 0.6 is 0 Å². The van der Waals surface area contributed by atoms with Gasteiger partial charge in [0.25, 0.3) is 0 Å². The fourth-order valence-corrected chi connectivity index (χ4v) is 3.32. The molecule has 1 fully saturated rings. The summed E-state index contributed by atoms with van der Waals surface area (Å²) in [6.07, 6.45) is 4.51. The van der Waals surface area contributed by atoms with Crippen molar-refractivity contribution in [3.8, 4) is 5.75 Å². The second-order valence-electron chi connectivity index (χ2n) is 7.18. The van der Waals surface area contributed by atoms with Crippen molar-refractivity contribution in [2.24, 2.45) is 0 Å². The van der Waals surface area contributed by atoms with Crippen LogP contribution in [0.15, 0.2) is 24.3 Å². The Morgan fingerprint density at radius 1 is 1.15 bits per heavy atom. The van der Waals surface area contributed by atoms with E-state index in [9.17, 15) is 10.0 Å². The number of amides is 1. The molecule has 2 rings (SSSR count). The molecule has 1 aliphatic rings. The Morgan fingerprint density at radius 3 is 2.74 bits per heavy atom. The fraction of sp³-hybridized carbons (Fsp3) is 0.650. The first kappa shape index (κ1) is 21.6. The van der Waals surface area contributed by atoms with Crippen LogP contribution in [0.5, 0.6) is 5.75 Å². The van der Waals surface area contributed by atoms with E-state index < -0.39 is 0 Å². The van der Waals surface area contributed by atoms with Crippen molar-refractivity contribution < 1.29 is 24.5 Å². The van der Waals surface area contributed by atoms with Gasteiger partial charge in [-0.3, -0.25) is 4.79 Å². The number of likely N-dealkylation sites (tertiary alicyclic amines) is 1. The van der Waals surface area contributed by atoms with Crippen LogP contribution in [0.3, 0.4) is 0 Å². The normalized spacial score (nSPS) is 16.1. The third-order valence-electron chi connectivity index (χ3n) is 4.75. The standard InChI is InChI=1S/C20H33N3O4/c24-14-11-21-10-8-20(25)22-9-5-15-27-19-7-4-6-18(16-19)17-23(26)12-2-1-3-13-23/h4,6-7,16,21,24,26H,1-3,5,8-15,17H2/p+1. The highest BCUT2D eigenvalue weighted by molar-refractivity contribution is 5.75. The van der Waals surface area contributed by atoms with E-state index in [1.54, 1.807) is 0 Å². The number of hydrogen-bond acceptors (Lipinski definition) is 5. The molecule has 1 aromatic carbocycles. The molecule has 7 heteroatoms. The molecule has 1 amide bonds. The molecule has 1 aliphatic heterocycles. The quantitative estimate of drug-likeness (QED) is 0.325. The number of nitrogens with zero attached hydrogens (tertiary/aromatic N) is 1. The topological polar surface area (TPSA) is 90.8 Å². The first-order valence-electron chi connectivity index (χ1n) is 10.0. The second-order valence-corrected chi connectivity index (χ2v) is 7.18. The number of nitrogens with one attached hydrogen (secondary N) is 2. The summed E-state index contributed by atoms with van der Waals surface area (Å²) in [5.74, 6) is 0.802. The molecule has 0 aromatic heterocycles. The van der Waals surface area contributed by atoms with Gasteiger partial charge in [0.2, 0.25) is 5.91 Å². The highest BCUT2D eigenvalue weighted by Gasteiger charge is 2.28. The average molecular weight is 381 g/mol. The third kappa shape index (κ3) is 8.71. The smallest absolute Gasteiger partial charge is 0.221 e. The number of rotatable bonds is 12. The second kappa shape index (κ2) is 11.9. The SMILES string of the molecule is O=C(CCNCCO)NCCCOc1cccc(C[N+]2(O)CCCCC2)c1. The Kier molecular flexibility index (Phi) is 9.55. The van der Waals surface area contributed by atoms with Crippen LogP contribution in [-0.4, -0.2) is 66.8 Å². The molecule has 1 saturated heterocycles. The van der Waals surface area contributed by atoms with E-state index in [4.69, 9.17) is 9.84 Å². The summed E-state index contributed by atoms with van der Waals surface area (Å²) in [6, 6.07) is 7.91. The lowest BCUT2D eigenvalue weighted by Gasteiger charge is -2.33. The molecule has 0 atom stereocenters. The number of quaternary nitrogens is 1. The minimum absolute atomic E-state index is 0.000862. The number of aliphatic hydroxyl groups is 1. The molecule has 7 nitrogen and oxygen atoms in total. The van der Waals surface area contributed by atoms with Crippen LogP contribution in [0.1, 0.15) is 37.7 Å². The van der Waals surface area contributed by atoms with Crippen LogP contribution in [0, 0.1) is 0 Å². The van der Waals surface area contributed by atoms with Crippen molar-refractivity contribution in [1.29, 1.82) is 0 Å². The van der Waals surface area contributed by atoms with Gasteiger partial charge in [0.05, 0.1) is 13.2 Å². The van der Waals surface area contributed by atoms with Gasteiger partial charge in [-0.2, -0.15) is 4.65 Å². The van der Waals surface area contributed by atoms with Crippen molar-refractivity contribution in [2.75, 3.05) is 45.9 Å². The molecule has 0 bridgehead atoms. The zero-order chi connectivity index (χ0) is 19.4. The molecule has 1 heterocycles. The maximum Gasteiger partial charge on any atom is 0.221 e. The maximum atomic E-state index is 11.6. The van der Waals surface area contributed by atoms with Crippen LogP contribution < -0.4 is 15.4 Å². The summed E-state index contributed by atoms with van der Waals surface area (Å²) < 4.78 is 5.91. The Morgan fingerprint density at radius 2 is 1.96 bits per heavy atom. The lowest BCUT2D eigenvalue weighted by atomic mass is 10.1. The molecule has 0 radical (unpaired) electrons. The fourth-order valence-electron chi connectivity index (χ4n) is 3.32. The van der Waals surface area contributed by atoms with Gasteiger partial charge < -0.3 is 20.5 Å². The maximum absolute atomic E-state index is 11.6. The molecule has 0 unspecified atom stereocenters. The molecule has 0 aliphatic carbocycles. The van der Waals surface area contributed by atoms with E-state index in [0.717, 1.165) is 43.7 Å². The summed E-state index contributed by atoms with van der Waals surface area (Å²) in [6.45, 7) is 4.54. The predicted octanol–water partition coefficient (Wildman–Crippen LogP) is 1.43. The van der Waals surface area contributed by atoms with Crippen molar-refractivity contribution in [3.63, 3.8) is 0 Å². The zero-order valence-electron chi connectivity index (χ0n) is 16.2. The van der Waals surface area contributed by atoms with E-state index >= 15 is 0 Å². The van der Waals surface area contributed by atoms with Gasteiger partial charge in [-0.25, -0.2) is 5.21 Å². The molecule has 27 heavy (non-hydrogen) atoms. The number of benzene rings is 1. The number of hydrogen-bond donors (Lipinski definition) is 4. The number of aliphatic hydroxyl groups excluding tert-OH is 1. The molecule has 152 valence electrons. The lowest BCUT2D eigenvalue weighted by Crippen LogP contribution is -2.47. The van der Waals surface area contributed by atoms with Gasteiger partial charge in [0, 0.05) is 31.6 Å². The molecule has 4 N–H and O–H groups in total. The van der Waals surface area contributed by atoms with Crippen molar-refractivity contribution in [3.05, 3.63) is 29.8 Å². The minimum Gasteiger partial charge on any atom is -0.494 e. The van der Waals surface area contributed by atoms with Gasteiger partial charge in [-0.05, 0) is 37.8 Å². The molecule has 1 aromatic rings. The van der Waals surface area contributed by atoms with Gasteiger partial charge in [0.15, 0.2) is 0 Å². The van der Waals surface area contributed by atoms with E-state index in [-0.39, 0.29) is 17.2 Å². The van der Waals surface area contributed by atoms with Crippen molar-refractivity contribution in [1.82, 2.24) is 10.6 Å². The highest BCUT2D eigenvalue weighted by Crippen LogP contribution is 2.22. The lowest BCUT2D eigenvalue weighted by molar-refractivity contribution is -1.12. The number of carbonyl (C=O) groups excluding carboxylic acids is 1. The number of carbonyl (C=O) groups is 1. The summed E-state index contributed by atoms with van der Waals surface area (Å²) in [5, 5.41) is 25.1. The highest BCUT2D eigenvalue weighted by atomic mass is 16.5. The van der Waals surface area contributed by atoms with Crippen LogP contribution in [0.2, 0.25) is 0 Å². The summed E-state index contributed by atoms with van der Waals surface area (Å²) in [5.41, 5.74) is 1.08. The van der Waals surface area contributed by atoms with E-state index in [0.29, 0.717) is 39.2 Å². The minimum atomic E-state index is 0.000862. The van der Waals surface area contributed by atoms with Crippen LogP contribution in [0.25, 0.3) is 0 Å². The first-order valence-corrected chi connectivity index (χ1v) is 10.0. The van der Waals surface area contributed by atoms with Crippen molar-refractivity contribution in [2.45, 2.75) is 38.6 Å². The molecular weight excluding hydrogens is 346 g/mol. The van der Waals surface area contributed by atoms with Gasteiger partial charge in [0.1, 0.15) is 25.4 Å².